The molecule has 1 heterocycles. The predicted octanol–water partition coefficient (Wildman–Crippen LogP) is 3.48. The van der Waals surface area contributed by atoms with Gasteiger partial charge in [-0.2, -0.15) is 0 Å². The van der Waals surface area contributed by atoms with Crippen LogP contribution in [0.5, 0.6) is 0 Å². The van der Waals surface area contributed by atoms with Crippen molar-refractivity contribution in [1.29, 1.82) is 0 Å². The molecule has 96 valence electrons. The summed E-state index contributed by atoms with van der Waals surface area (Å²) >= 11 is 3.50. The summed E-state index contributed by atoms with van der Waals surface area (Å²) < 4.78 is 12.3. The first-order valence-electron chi connectivity index (χ1n) is 5.83. The quantitative estimate of drug-likeness (QED) is 0.887. The molecule has 0 radical (unpaired) electrons. The van der Waals surface area contributed by atoms with E-state index in [1.807, 2.05) is 43.4 Å². The van der Waals surface area contributed by atoms with E-state index >= 15 is 0 Å². The minimum absolute atomic E-state index is 0.491. The number of benzene rings is 1. The fourth-order valence-corrected chi connectivity index (χ4v) is 2.05. The number of nitrogens with one attached hydrogen (secondary N) is 1. The molecule has 0 unspecified atom stereocenters. The van der Waals surface area contributed by atoms with Crippen LogP contribution in [-0.2, 0) is 24.5 Å². The molecule has 2 rings (SSSR count). The summed E-state index contributed by atoms with van der Waals surface area (Å²) in [5.74, 6) is 1.78. The fraction of sp³-hybridized carbons (Fsp3) is 0.286. The van der Waals surface area contributed by atoms with E-state index in [1.165, 1.54) is 0 Å². The number of hydrogen-bond acceptors (Lipinski definition) is 3. The van der Waals surface area contributed by atoms with Crippen molar-refractivity contribution in [2.75, 3.05) is 7.05 Å². The lowest BCUT2D eigenvalue weighted by Gasteiger charge is -2.04. The molecular formula is C14H16BrNO2. The van der Waals surface area contributed by atoms with Crippen LogP contribution in [0.1, 0.15) is 17.1 Å². The molecule has 0 bridgehead atoms. The molecule has 0 aliphatic carbocycles. The van der Waals surface area contributed by atoms with E-state index in [4.69, 9.17) is 9.15 Å². The average Bonchev–Trinajstić information content (AvgIpc) is 2.80. The van der Waals surface area contributed by atoms with Crippen LogP contribution in [0.15, 0.2) is 45.3 Å². The van der Waals surface area contributed by atoms with Gasteiger partial charge in [-0.25, -0.2) is 0 Å². The van der Waals surface area contributed by atoms with Crippen molar-refractivity contribution in [3.63, 3.8) is 0 Å². The first-order chi connectivity index (χ1) is 8.79. The Hall–Kier alpha value is -1.10. The highest BCUT2D eigenvalue weighted by atomic mass is 79.9. The predicted molar refractivity (Wildman–Crippen MR) is 74.1 cm³/mol. The highest BCUT2D eigenvalue weighted by Gasteiger charge is 2.03. The van der Waals surface area contributed by atoms with Gasteiger partial charge in [-0.3, -0.25) is 0 Å². The van der Waals surface area contributed by atoms with Crippen LogP contribution < -0.4 is 5.32 Å². The molecule has 1 aromatic carbocycles. The van der Waals surface area contributed by atoms with Gasteiger partial charge in [0.05, 0.1) is 13.2 Å². The van der Waals surface area contributed by atoms with Gasteiger partial charge in [0.2, 0.25) is 0 Å². The van der Waals surface area contributed by atoms with Crippen LogP contribution >= 0.6 is 15.9 Å². The third kappa shape index (κ3) is 3.70. The summed E-state index contributed by atoms with van der Waals surface area (Å²) in [4.78, 5) is 0. The van der Waals surface area contributed by atoms with E-state index in [0.717, 1.165) is 28.1 Å². The molecule has 0 aliphatic heterocycles. The molecule has 0 spiro atoms. The molecule has 0 fully saturated rings. The standard InChI is InChI=1S/C14H16BrNO2/c1-16-8-12-6-7-13(18-12)10-17-9-11-4-2-3-5-14(11)15/h2-7,16H,8-10H2,1H3. The summed E-state index contributed by atoms with van der Waals surface area (Å²) in [6, 6.07) is 12.0. The van der Waals surface area contributed by atoms with E-state index in [1.54, 1.807) is 0 Å². The molecule has 0 aliphatic rings. The van der Waals surface area contributed by atoms with Gasteiger partial charge in [-0.05, 0) is 30.8 Å². The minimum atomic E-state index is 0.491. The molecule has 3 nitrogen and oxygen atoms in total. The summed E-state index contributed by atoms with van der Waals surface area (Å²) in [6.45, 7) is 1.80. The third-order valence-corrected chi connectivity index (χ3v) is 3.30. The number of halogens is 1. The molecule has 0 atom stereocenters. The summed E-state index contributed by atoms with van der Waals surface area (Å²) in [7, 11) is 1.89. The van der Waals surface area contributed by atoms with Crippen molar-refractivity contribution in [1.82, 2.24) is 5.32 Å². The van der Waals surface area contributed by atoms with Gasteiger partial charge in [0.1, 0.15) is 18.1 Å². The Kier molecular flexibility index (Phi) is 4.99. The Bertz CT molecular complexity index is 496. The molecule has 4 heteroatoms. The number of ether oxygens (including phenoxy) is 1. The second kappa shape index (κ2) is 6.73. The molecule has 0 saturated carbocycles. The van der Waals surface area contributed by atoms with E-state index in [2.05, 4.69) is 21.2 Å². The highest BCUT2D eigenvalue weighted by Crippen LogP contribution is 2.17. The third-order valence-electron chi connectivity index (χ3n) is 2.53. The van der Waals surface area contributed by atoms with Crippen molar-refractivity contribution in [2.45, 2.75) is 19.8 Å². The maximum atomic E-state index is 5.63. The number of rotatable bonds is 6. The largest absolute Gasteiger partial charge is 0.462 e. The van der Waals surface area contributed by atoms with Gasteiger partial charge in [0.15, 0.2) is 0 Å². The van der Waals surface area contributed by atoms with Crippen LogP contribution in [0.25, 0.3) is 0 Å². The molecule has 1 N–H and O–H groups in total. The topological polar surface area (TPSA) is 34.4 Å². The van der Waals surface area contributed by atoms with E-state index in [-0.39, 0.29) is 0 Å². The van der Waals surface area contributed by atoms with E-state index in [0.29, 0.717) is 13.2 Å². The van der Waals surface area contributed by atoms with Crippen LogP contribution in [0.4, 0.5) is 0 Å². The zero-order valence-electron chi connectivity index (χ0n) is 10.3. The molecule has 0 amide bonds. The average molecular weight is 310 g/mol. The van der Waals surface area contributed by atoms with Gasteiger partial charge in [0.25, 0.3) is 0 Å². The lowest BCUT2D eigenvalue weighted by atomic mass is 10.2. The van der Waals surface area contributed by atoms with Gasteiger partial charge in [-0.15, -0.1) is 0 Å². The smallest absolute Gasteiger partial charge is 0.129 e. The van der Waals surface area contributed by atoms with Gasteiger partial charge in [-0.1, -0.05) is 34.1 Å². The fourth-order valence-electron chi connectivity index (χ4n) is 1.65. The lowest BCUT2D eigenvalue weighted by molar-refractivity contribution is 0.0916. The van der Waals surface area contributed by atoms with Gasteiger partial charge < -0.3 is 14.5 Å². The lowest BCUT2D eigenvalue weighted by Crippen LogP contribution is -2.03. The normalized spacial score (nSPS) is 10.8. The SMILES string of the molecule is CNCc1ccc(COCc2ccccc2Br)o1. The summed E-state index contributed by atoms with van der Waals surface area (Å²) in [5, 5.41) is 3.05. The van der Waals surface area contributed by atoms with Gasteiger partial charge in [0, 0.05) is 4.47 Å². The summed E-state index contributed by atoms with van der Waals surface area (Å²) in [5.41, 5.74) is 1.14. The van der Waals surface area contributed by atoms with Gasteiger partial charge >= 0.3 is 0 Å². The van der Waals surface area contributed by atoms with Crippen molar-refractivity contribution in [3.05, 3.63) is 58.0 Å². The van der Waals surface area contributed by atoms with Crippen LogP contribution in [0.2, 0.25) is 0 Å². The van der Waals surface area contributed by atoms with Crippen molar-refractivity contribution < 1.29 is 9.15 Å². The Labute approximate surface area is 115 Å². The van der Waals surface area contributed by atoms with Crippen molar-refractivity contribution >= 4 is 15.9 Å². The molecule has 2 aromatic rings. The first kappa shape index (κ1) is 13.3. The Balaban J connectivity index is 1.83. The second-order valence-corrected chi connectivity index (χ2v) is 4.84. The second-order valence-electron chi connectivity index (χ2n) is 3.98. The van der Waals surface area contributed by atoms with E-state index in [9.17, 15) is 0 Å². The van der Waals surface area contributed by atoms with Crippen LogP contribution in [0, 0.1) is 0 Å². The molecule has 18 heavy (non-hydrogen) atoms. The zero-order chi connectivity index (χ0) is 12.8. The number of furan rings is 1. The maximum Gasteiger partial charge on any atom is 0.129 e. The first-order valence-corrected chi connectivity index (χ1v) is 6.62. The monoisotopic (exact) mass is 309 g/mol. The Morgan fingerprint density at radius 3 is 2.67 bits per heavy atom. The summed E-state index contributed by atoms with van der Waals surface area (Å²) in [6.07, 6.45) is 0. The highest BCUT2D eigenvalue weighted by molar-refractivity contribution is 9.10. The van der Waals surface area contributed by atoms with Crippen LogP contribution in [0.3, 0.4) is 0 Å². The van der Waals surface area contributed by atoms with Crippen molar-refractivity contribution in [2.24, 2.45) is 0 Å². The minimum Gasteiger partial charge on any atom is -0.462 e. The zero-order valence-corrected chi connectivity index (χ0v) is 11.9. The molecular weight excluding hydrogens is 294 g/mol. The number of hydrogen-bond donors (Lipinski definition) is 1. The maximum absolute atomic E-state index is 5.63. The Morgan fingerprint density at radius 2 is 1.89 bits per heavy atom. The van der Waals surface area contributed by atoms with Crippen LogP contribution in [-0.4, -0.2) is 7.05 Å². The van der Waals surface area contributed by atoms with Crippen molar-refractivity contribution in [3.8, 4) is 0 Å². The molecule has 0 saturated heterocycles. The Morgan fingerprint density at radius 1 is 1.11 bits per heavy atom. The van der Waals surface area contributed by atoms with E-state index < -0.39 is 0 Å². The molecule has 1 aromatic heterocycles.